The number of rotatable bonds is 4. The Balaban J connectivity index is 3.74. The van der Waals surface area contributed by atoms with Gasteiger partial charge in [-0.2, -0.15) is 0 Å². The molecule has 0 rings (SSSR count). The topological polar surface area (TPSA) is 92.7 Å². The fourth-order valence-electron chi connectivity index (χ4n) is 0.512. The Labute approximate surface area is 74.9 Å². The zero-order valence-electron chi connectivity index (χ0n) is 7.36. The van der Waals surface area contributed by atoms with Gasteiger partial charge in [0.05, 0.1) is 0 Å². The summed E-state index contributed by atoms with van der Waals surface area (Å²) in [6.07, 6.45) is 0. The Morgan fingerprint density at radius 1 is 1.46 bits per heavy atom. The van der Waals surface area contributed by atoms with Crippen LogP contribution in [0.3, 0.4) is 0 Å². The third kappa shape index (κ3) is 5.66. The molecule has 2 N–H and O–H groups in total. The highest BCUT2D eigenvalue weighted by Gasteiger charge is 2.13. The van der Waals surface area contributed by atoms with Crippen LogP contribution in [0.4, 0.5) is 0 Å². The maximum Gasteiger partial charge on any atom is 0.325 e. The number of esters is 1. The first-order valence-corrected chi connectivity index (χ1v) is 3.59. The van der Waals surface area contributed by atoms with Crippen LogP contribution in [0.25, 0.3) is 0 Å². The highest BCUT2D eigenvalue weighted by Crippen LogP contribution is 1.82. The molecule has 0 aromatic heterocycles. The number of carboxylic acids is 1. The minimum absolute atomic E-state index is 0.451. The van der Waals surface area contributed by atoms with E-state index in [4.69, 9.17) is 5.11 Å². The predicted octanol–water partition coefficient (Wildman–Crippen LogP) is -0.861. The molecule has 0 radical (unpaired) electrons. The molecule has 0 aromatic rings. The minimum atomic E-state index is -1.14. The monoisotopic (exact) mass is 189 g/mol. The summed E-state index contributed by atoms with van der Waals surface area (Å²) in [7, 11) is 0. The van der Waals surface area contributed by atoms with Crippen molar-refractivity contribution < 1.29 is 24.2 Å². The van der Waals surface area contributed by atoms with Crippen LogP contribution >= 0.6 is 0 Å². The van der Waals surface area contributed by atoms with Crippen LogP contribution in [-0.4, -0.2) is 35.6 Å². The van der Waals surface area contributed by atoms with Crippen molar-refractivity contribution in [2.24, 2.45) is 0 Å². The first-order valence-electron chi connectivity index (χ1n) is 3.59. The number of carbonyl (C=O) groups excluding carboxylic acids is 2. The van der Waals surface area contributed by atoms with Crippen molar-refractivity contribution in [1.82, 2.24) is 5.32 Å². The summed E-state index contributed by atoms with van der Waals surface area (Å²) >= 11 is 0. The Hall–Kier alpha value is -1.59. The molecule has 0 saturated carbocycles. The molecule has 0 aliphatic carbocycles. The number of amides is 1. The summed E-state index contributed by atoms with van der Waals surface area (Å²) in [6, 6.07) is -0.983. The van der Waals surface area contributed by atoms with E-state index in [1.165, 1.54) is 6.92 Å². The fourth-order valence-corrected chi connectivity index (χ4v) is 0.512. The highest BCUT2D eigenvalue weighted by molar-refractivity contribution is 5.85. The van der Waals surface area contributed by atoms with Gasteiger partial charge in [0, 0.05) is 6.92 Å². The predicted molar refractivity (Wildman–Crippen MR) is 41.9 cm³/mol. The number of carboxylic acid groups (broad SMARTS) is 1. The molecule has 0 aliphatic rings. The lowest BCUT2D eigenvalue weighted by Gasteiger charge is -2.08. The van der Waals surface area contributed by atoms with Gasteiger partial charge in [-0.1, -0.05) is 0 Å². The molecule has 0 fully saturated rings. The summed E-state index contributed by atoms with van der Waals surface area (Å²) in [5.74, 6) is -2.36. The van der Waals surface area contributed by atoms with Crippen LogP contribution in [0, 0.1) is 0 Å². The number of nitrogens with one attached hydrogen (secondary N) is 1. The number of hydrogen-bond donors (Lipinski definition) is 2. The lowest BCUT2D eigenvalue weighted by atomic mass is 10.3. The molecule has 74 valence electrons. The third-order valence-corrected chi connectivity index (χ3v) is 1.15. The van der Waals surface area contributed by atoms with Gasteiger partial charge in [-0.3, -0.25) is 14.4 Å². The van der Waals surface area contributed by atoms with Crippen LogP contribution < -0.4 is 5.32 Å². The largest absolute Gasteiger partial charge is 0.480 e. The Morgan fingerprint density at radius 3 is 2.38 bits per heavy atom. The number of carbonyl (C=O) groups is 3. The first-order chi connectivity index (χ1) is 5.93. The van der Waals surface area contributed by atoms with Crippen LogP contribution in [-0.2, 0) is 19.1 Å². The van der Waals surface area contributed by atoms with Crippen LogP contribution in [0.2, 0.25) is 0 Å². The van der Waals surface area contributed by atoms with Crippen LogP contribution in [0.5, 0.6) is 0 Å². The SMILES string of the molecule is CC(=O)OCC(=O)N[C@@H](C)C(=O)O. The van der Waals surface area contributed by atoms with Gasteiger partial charge in [-0.15, -0.1) is 0 Å². The van der Waals surface area contributed by atoms with E-state index >= 15 is 0 Å². The van der Waals surface area contributed by atoms with E-state index < -0.39 is 30.5 Å². The summed E-state index contributed by atoms with van der Waals surface area (Å²) in [5.41, 5.74) is 0. The molecule has 0 spiro atoms. The average Bonchev–Trinajstić information content (AvgIpc) is 2.00. The molecule has 0 bridgehead atoms. The van der Waals surface area contributed by atoms with E-state index in [0.717, 1.165) is 6.92 Å². The maximum absolute atomic E-state index is 10.8. The summed E-state index contributed by atoms with van der Waals surface area (Å²) in [6.45, 7) is 2.02. The third-order valence-electron chi connectivity index (χ3n) is 1.15. The highest BCUT2D eigenvalue weighted by atomic mass is 16.5. The molecular formula is C7H11NO5. The smallest absolute Gasteiger partial charge is 0.325 e. The van der Waals surface area contributed by atoms with E-state index in [9.17, 15) is 14.4 Å². The number of aliphatic carboxylic acids is 1. The Kier molecular flexibility index (Phi) is 4.50. The van der Waals surface area contributed by atoms with Crippen molar-refractivity contribution in [3.63, 3.8) is 0 Å². The van der Waals surface area contributed by atoms with Crippen molar-refractivity contribution >= 4 is 17.8 Å². The molecular weight excluding hydrogens is 178 g/mol. The van der Waals surface area contributed by atoms with E-state index in [1.54, 1.807) is 0 Å². The molecule has 0 unspecified atom stereocenters. The lowest BCUT2D eigenvalue weighted by Crippen LogP contribution is -2.40. The molecule has 1 amide bonds. The van der Waals surface area contributed by atoms with E-state index in [2.05, 4.69) is 10.1 Å². The van der Waals surface area contributed by atoms with Crippen molar-refractivity contribution in [2.45, 2.75) is 19.9 Å². The summed E-state index contributed by atoms with van der Waals surface area (Å²) in [4.78, 5) is 31.3. The summed E-state index contributed by atoms with van der Waals surface area (Å²) < 4.78 is 4.34. The zero-order valence-corrected chi connectivity index (χ0v) is 7.36. The van der Waals surface area contributed by atoms with Gasteiger partial charge in [0.25, 0.3) is 5.91 Å². The minimum Gasteiger partial charge on any atom is -0.480 e. The zero-order chi connectivity index (χ0) is 10.4. The van der Waals surface area contributed by atoms with Gasteiger partial charge >= 0.3 is 11.9 Å². The van der Waals surface area contributed by atoms with Crippen molar-refractivity contribution in [1.29, 1.82) is 0 Å². The molecule has 0 aliphatic heterocycles. The normalized spacial score (nSPS) is 11.5. The second kappa shape index (κ2) is 5.13. The van der Waals surface area contributed by atoms with E-state index in [1.807, 2.05) is 0 Å². The van der Waals surface area contributed by atoms with Crippen LogP contribution in [0.1, 0.15) is 13.8 Å². The maximum atomic E-state index is 10.8. The molecule has 0 saturated heterocycles. The Bertz CT molecular complexity index is 225. The number of hydrogen-bond acceptors (Lipinski definition) is 4. The fraction of sp³-hybridized carbons (Fsp3) is 0.571. The van der Waals surface area contributed by atoms with Gasteiger partial charge in [-0.25, -0.2) is 0 Å². The Morgan fingerprint density at radius 2 is 2.00 bits per heavy atom. The molecule has 6 heteroatoms. The molecule has 13 heavy (non-hydrogen) atoms. The quantitative estimate of drug-likeness (QED) is 0.561. The van der Waals surface area contributed by atoms with Crippen molar-refractivity contribution in [2.75, 3.05) is 6.61 Å². The van der Waals surface area contributed by atoms with Gasteiger partial charge in [0.2, 0.25) is 0 Å². The molecule has 0 heterocycles. The van der Waals surface area contributed by atoms with Crippen molar-refractivity contribution in [3.05, 3.63) is 0 Å². The van der Waals surface area contributed by atoms with Gasteiger partial charge < -0.3 is 15.2 Å². The first kappa shape index (κ1) is 11.4. The lowest BCUT2D eigenvalue weighted by molar-refractivity contribution is -0.147. The summed E-state index contributed by atoms with van der Waals surface area (Å²) in [5, 5.41) is 10.5. The van der Waals surface area contributed by atoms with Crippen LogP contribution in [0.15, 0.2) is 0 Å². The van der Waals surface area contributed by atoms with Crippen molar-refractivity contribution in [3.8, 4) is 0 Å². The van der Waals surface area contributed by atoms with E-state index in [0.29, 0.717) is 0 Å². The number of ether oxygens (including phenoxy) is 1. The standard InChI is InChI=1S/C7H11NO5/c1-4(7(11)12)8-6(10)3-13-5(2)9/h4H,3H2,1-2H3,(H,8,10)(H,11,12)/t4-/m0/s1. The van der Waals surface area contributed by atoms with Gasteiger partial charge in [-0.05, 0) is 6.92 Å². The second-order valence-electron chi connectivity index (χ2n) is 2.41. The van der Waals surface area contributed by atoms with Gasteiger partial charge in [0.15, 0.2) is 6.61 Å². The van der Waals surface area contributed by atoms with Gasteiger partial charge in [0.1, 0.15) is 6.04 Å². The molecule has 6 nitrogen and oxygen atoms in total. The van der Waals surface area contributed by atoms with E-state index in [-0.39, 0.29) is 0 Å². The molecule has 1 atom stereocenters. The second-order valence-corrected chi connectivity index (χ2v) is 2.41. The molecule has 0 aromatic carbocycles. The average molecular weight is 189 g/mol.